The van der Waals surface area contributed by atoms with Crippen LogP contribution in [0.1, 0.15) is 32.0 Å². The fourth-order valence-corrected chi connectivity index (χ4v) is 1.63. The molecular formula is C14H17FN2. The minimum atomic E-state index is -0.204. The van der Waals surface area contributed by atoms with Crippen LogP contribution in [0, 0.1) is 5.82 Å². The lowest BCUT2D eigenvalue weighted by molar-refractivity contribution is 0.545. The van der Waals surface area contributed by atoms with E-state index in [0.717, 1.165) is 11.3 Å². The molecular weight excluding hydrogens is 215 g/mol. The third kappa shape index (κ3) is 2.93. The van der Waals surface area contributed by atoms with E-state index >= 15 is 0 Å². The van der Waals surface area contributed by atoms with E-state index in [-0.39, 0.29) is 11.2 Å². The van der Waals surface area contributed by atoms with Gasteiger partial charge >= 0.3 is 0 Å². The molecule has 0 atom stereocenters. The molecule has 0 aliphatic carbocycles. The van der Waals surface area contributed by atoms with Crippen molar-refractivity contribution in [2.45, 2.75) is 32.7 Å². The van der Waals surface area contributed by atoms with Crippen LogP contribution in [0.5, 0.6) is 0 Å². The Balaban J connectivity index is 2.14. The molecule has 1 heterocycles. The number of rotatable bonds is 2. The molecule has 3 heteroatoms. The number of hydrogen-bond donors (Lipinski definition) is 0. The molecule has 0 saturated carbocycles. The summed E-state index contributed by atoms with van der Waals surface area (Å²) in [4.78, 5) is 0. The molecule has 0 fully saturated rings. The first-order valence-corrected chi connectivity index (χ1v) is 5.73. The normalized spacial score (nSPS) is 11.8. The van der Waals surface area contributed by atoms with E-state index < -0.39 is 0 Å². The Bertz CT molecular complexity index is 492. The zero-order chi connectivity index (χ0) is 12.5. The van der Waals surface area contributed by atoms with Crippen LogP contribution >= 0.6 is 0 Å². The molecule has 0 aliphatic rings. The molecule has 0 radical (unpaired) electrons. The van der Waals surface area contributed by atoms with E-state index in [2.05, 4.69) is 25.9 Å². The van der Waals surface area contributed by atoms with Crippen LogP contribution in [-0.4, -0.2) is 9.78 Å². The predicted octanol–water partition coefficient (Wildman–Crippen LogP) is 3.37. The van der Waals surface area contributed by atoms with Crippen molar-refractivity contribution in [3.8, 4) is 0 Å². The van der Waals surface area contributed by atoms with Crippen molar-refractivity contribution in [3.05, 3.63) is 53.6 Å². The zero-order valence-electron chi connectivity index (χ0n) is 10.4. The van der Waals surface area contributed by atoms with Crippen molar-refractivity contribution in [1.82, 2.24) is 9.78 Å². The van der Waals surface area contributed by atoms with Gasteiger partial charge in [-0.05, 0) is 23.8 Å². The summed E-state index contributed by atoms with van der Waals surface area (Å²) in [5.74, 6) is -0.204. The lowest BCUT2D eigenvalue weighted by Crippen LogP contribution is -2.13. The standard InChI is InChI=1S/C14H17FN2/c1-14(2,3)13-8-9-17(16-13)10-11-4-6-12(15)7-5-11/h4-9H,10H2,1-3H3. The van der Waals surface area contributed by atoms with E-state index in [1.54, 1.807) is 12.1 Å². The molecule has 0 aliphatic heterocycles. The highest BCUT2D eigenvalue weighted by Gasteiger charge is 2.16. The fourth-order valence-electron chi connectivity index (χ4n) is 1.63. The quantitative estimate of drug-likeness (QED) is 0.776. The predicted molar refractivity (Wildman–Crippen MR) is 66.4 cm³/mol. The zero-order valence-corrected chi connectivity index (χ0v) is 10.4. The molecule has 0 N–H and O–H groups in total. The van der Waals surface area contributed by atoms with E-state index in [1.165, 1.54) is 12.1 Å². The lowest BCUT2D eigenvalue weighted by Gasteiger charge is -2.14. The van der Waals surface area contributed by atoms with Gasteiger partial charge in [-0.2, -0.15) is 5.10 Å². The van der Waals surface area contributed by atoms with Gasteiger partial charge in [0.1, 0.15) is 5.82 Å². The average Bonchev–Trinajstić information content (AvgIpc) is 2.69. The van der Waals surface area contributed by atoms with Crippen molar-refractivity contribution in [1.29, 1.82) is 0 Å². The van der Waals surface area contributed by atoms with E-state index in [4.69, 9.17) is 0 Å². The van der Waals surface area contributed by atoms with Crippen LogP contribution in [0.3, 0.4) is 0 Å². The first-order chi connectivity index (χ1) is 7.95. The van der Waals surface area contributed by atoms with Crippen LogP contribution in [0.4, 0.5) is 4.39 Å². The maximum atomic E-state index is 12.8. The van der Waals surface area contributed by atoms with Crippen molar-refractivity contribution >= 4 is 0 Å². The highest BCUT2D eigenvalue weighted by atomic mass is 19.1. The lowest BCUT2D eigenvalue weighted by atomic mass is 9.93. The van der Waals surface area contributed by atoms with Gasteiger partial charge in [0.15, 0.2) is 0 Å². The summed E-state index contributed by atoms with van der Waals surface area (Å²) in [6.07, 6.45) is 1.96. The van der Waals surface area contributed by atoms with Gasteiger partial charge in [0.2, 0.25) is 0 Å². The van der Waals surface area contributed by atoms with E-state index in [0.29, 0.717) is 6.54 Å². The third-order valence-corrected chi connectivity index (χ3v) is 2.67. The largest absolute Gasteiger partial charge is 0.268 e. The Kier molecular flexibility index (Phi) is 3.01. The molecule has 17 heavy (non-hydrogen) atoms. The second-order valence-electron chi connectivity index (χ2n) is 5.28. The minimum Gasteiger partial charge on any atom is -0.268 e. The molecule has 0 saturated heterocycles. The Morgan fingerprint density at radius 2 is 1.76 bits per heavy atom. The van der Waals surface area contributed by atoms with Crippen LogP contribution < -0.4 is 0 Å². The number of aromatic nitrogens is 2. The summed E-state index contributed by atoms with van der Waals surface area (Å²) in [5, 5.41) is 4.52. The molecule has 2 nitrogen and oxygen atoms in total. The van der Waals surface area contributed by atoms with Crippen molar-refractivity contribution in [2.24, 2.45) is 0 Å². The molecule has 2 rings (SSSR count). The summed E-state index contributed by atoms with van der Waals surface area (Å²) in [7, 11) is 0. The van der Waals surface area contributed by atoms with Crippen molar-refractivity contribution in [3.63, 3.8) is 0 Å². The Morgan fingerprint density at radius 3 is 2.29 bits per heavy atom. The van der Waals surface area contributed by atoms with E-state index in [1.807, 2.05) is 16.9 Å². The van der Waals surface area contributed by atoms with Gasteiger partial charge in [-0.1, -0.05) is 32.9 Å². The van der Waals surface area contributed by atoms with Gasteiger partial charge in [-0.25, -0.2) is 4.39 Å². The average molecular weight is 232 g/mol. The van der Waals surface area contributed by atoms with Crippen LogP contribution in [0.15, 0.2) is 36.5 Å². The molecule has 0 unspecified atom stereocenters. The summed E-state index contributed by atoms with van der Waals surface area (Å²) >= 11 is 0. The second kappa shape index (κ2) is 4.32. The van der Waals surface area contributed by atoms with Crippen molar-refractivity contribution < 1.29 is 4.39 Å². The molecule has 0 bridgehead atoms. The maximum absolute atomic E-state index is 12.8. The Labute approximate surface area is 101 Å². The smallest absolute Gasteiger partial charge is 0.123 e. The van der Waals surface area contributed by atoms with Crippen molar-refractivity contribution in [2.75, 3.05) is 0 Å². The monoisotopic (exact) mass is 232 g/mol. The van der Waals surface area contributed by atoms with Gasteiger partial charge in [0, 0.05) is 11.6 Å². The first-order valence-electron chi connectivity index (χ1n) is 5.73. The molecule has 0 spiro atoms. The Hall–Kier alpha value is -1.64. The van der Waals surface area contributed by atoms with Gasteiger partial charge in [0.25, 0.3) is 0 Å². The molecule has 1 aromatic heterocycles. The number of benzene rings is 1. The van der Waals surface area contributed by atoms with Crippen LogP contribution in [-0.2, 0) is 12.0 Å². The van der Waals surface area contributed by atoms with E-state index in [9.17, 15) is 4.39 Å². The van der Waals surface area contributed by atoms with Gasteiger partial charge in [0.05, 0.1) is 12.2 Å². The van der Waals surface area contributed by atoms with Gasteiger partial charge in [-0.15, -0.1) is 0 Å². The number of nitrogens with zero attached hydrogens (tertiary/aromatic N) is 2. The maximum Gasteiger partial charge on any atom is 0.123 e. The number of halogens is 1. The van der Waals surface area contributed by atoms with Gasteiger partial charge in [-0.3, -0.25) is 4.68 Å². The SMILES string of the molecule is CC(C)(C)c1ccn(Cc2ccc(F)cc2)n1. The third-order valence-electron chi connectivity index (χ3n) is 2.67. The first kappa shape index (κ1) is 11.8. The van der Waals surface area contributed by atoms with Crippen LogP contribution in [0.25, 0.3) is 0 Å². The molecule has 2 aromatic rings. The summed E-state index contributed by atoms with van der Waals surface area (Å²) in [6, 6.07) is 8.55. The topological polar surface area (TPSA) is 17.8 Å². The fraction of sp³-hybridized carbons (Fsp3) is 0.357. The highest BCUT2D eigenvalue weighted by molar-refractivity contribution is 5.17. The minimum absolute atomic E-state index is 0.0635. The summed E-state index contributed by atoms with van der Waals surface area (Å²) in [5.41, 5.74) is 2.18. The van der Waals surface area contributed by atoms with Crippen LogP contribution in [0.2, 0.25) is 0 Å². The molecule has 0 amide bonds. The molecule has 90 valence electrons. The highest BCUT2D eigenvalue weighted by Crippen LogP contribution is 2.19. The van der Waals surface area contributed by atoms with Gasteiger partial charge < -0.3 is 0 Å². The second-order valence-corrected chi connectivity index (χ2v) is 5.28. The molecule has 1 aromatic carbocycles. The summed E-state index contributed by atoms with van der Waals surface area (Å²) in [6.45, 7) is 7.09. The Morgan fingerprint density at radius 1 is 1.12 bits per heavy atom. The number of hydrogen-bond acceptors (Lipinski definition) is 1. The summed E-state index contributed by atoms with van der Waals surface area (Å²) < 4.78 is 14.6.